The van der Waals surface area contributed by atoms with Gasteiger partial charge in [0.1, 0.15) is 23.7 Å². The molecule has 37 heavy (non-hydrogen) atoms. The van der Waals surface area contributed by atoms with E-state index in [9.17, 15) is 18.8 Å². The van der Waals surface area contributed by atoms with E-state index in [4.69, 9.17) is 27.9 Å². The van der Waals surface area contributed by atoms with Gasteiger partial charge in [-0.15, -0.1) is 0 Å². The predicted octanol–water partition coefficient (Wildman–Crippen LogP) is 6.11. The molecule has 0 atom stereocenters. The molecular weight excluding hydrogens is 518 g/mol. The highest BCUT2D eigenvalue weighted by atomic mass is 35.5. The average molecular weight is 545 g/mol. The molecule has 0 saturated heterocycles. The lowest BCUT2D eigenvalue weighted by Gasteiger charge is -2.29. The second-order valence-corrected chi connectivity index (χ2v) is 10.8. The number of ether oxygens (including phenoxy) is 1. The minimum absolute atomic E-state index is 0.0118. The number of rotatable bonds is 8. The molecule has 0 unspecified atom stereocenters. The number of hydrogen-bond donors (Lipinski definition) is 1. The van der Waals surface area contributed by atoms with Gasteiger partial charge in [-0.05, 0) is 80.8 Å². The average Bonchev–Trinajstić information content (AvgIpc) is 3.72. The summed E-state index contributed by atoms with van der Waals surface area (Å²) in [5, 5.41) is 3.70. The highest BCUT2D eigenvalue weighted by molar-refractivity contribution is 6.31. The zero-order chi connectivity index (χ0) is 26.1. The first-order chi connectivity index (χ1) is 17.8. The first-order valence-electron chi connectivity index (χ1n) is 12.5. The Bertz CT molecular complexity index is 1390. The third-order valence-electron chi connectivity index (χ3n) is 7.17. The van der Waals surface area contributed by atoms with Crippen LogP contribution in [0.15, 0.2) is 47.4 Å². The van der Waals surface area contributed by atoms with E-state index < -0.39 is 17.2 Å². The molecule has 9 heteroatoms. The van der Waals surface area contributed by atoms with Gasteiger partial charge in [0.25, 0.3) is 5.91 Å². The van der Waals surface area contributed by atoms with Gasteiger partial charge in [0, 0.05) is 35.1 Å². The summed E-state index contributed by atoms with van der Waals surface area (Å²) in [6, 6.07) is 9.54. The van der Waals surface area contributed by atoms with E-state index in [0.29, 0.717) is 22.7 Å². The summed E-state index contributed by atoms with van der Waals surface area (Å²) in [7, 11) is 0. The molecule has 1 aromatic heterocycles. The Balaban J connectivity index is 1.18. The Morgan fingerprint density at radius 1 is 1.03 bits per heavy atom. The first-order valence-corrected chi connectivity index (χ1v) is 13.3. The maximum Gasteiger partial charge on any atom is 0.256 e. The number of nitrogens with zero attached hydrogens (tertiary/aromatic N) is 1. The molecule has 1 amide bonds. The maximum absolute atomic E-state index is 14.1. The minimum atomic E-state index is -0.683. The lowest BCUT2D eigenvalue weighted by molar-refractivity contribution is -0.122. The summed E-state index contributed by atoms with van der Waals surface area (Å²) < 4.78 is 21.6. The van der Waals surface area contributed by atoms with Gasteiger partial charge < -0.3 is 14.6 Å². The molecule has 2 aliphatic rings. The van der Waals surface area contributed by atoms with Crippen LogP contribution < -0.4 is 15.5 Å². The summed E-state index contributed by atoms with van der Waals surface area (Å²) in [5.41, 5.74) is 0.0541. The second kappa shape index (κ2) is 10.8. The zero-order valence-electron chi connectivity index (χ0n) is 20.1. The molecule has 5 rings (SSSR count). The molecule has 0 aliphatic heterocycles. The third kappa shape index (κ3) is 5.99. The minimum Gasteiger partial charge on any atom is -0.486 e. The van der Waals surface area contributed by atoms with Gasteiger partial charge in [-0.2, -0.15) is 0 Å². The Hall–Kier alpha value is -2.90. The van der Waals surface area contributed by atoms with Crippen molar-refractivity contribution in [2.24, 2.45) is 5.92 Å². The van der Waals surface area contributed by atoms with Crippen molar-refractivity contribution < 1.29 is 18.7 Å². The zero-order valence-corrected chi connectivity index (χ0v) is 21.7. The van der Waals surface area contributed by atoms with Crippen LogP contribution in [0.25, 0.3) is 10.9 Å². The predicted molar refractivity (Wildman–Crippen MR) is 141 cm³/mol. The van der Waals surface area contributed by atoms with Crippen LogP contribution in [0.1, 0.15) is 61.3 Å². The number of carbonyl (C=O) groups is 2. The number of halogens is 3. The van der Waals surface area contributed by atoms with E-state index in [1.807, 2.05) is 4.57 Å². The van der Waals surface area contributed by atoms with E-state index in [-0.39, 0.29) is 46.4 Å². The molecule has 0 bridgehead atoms. The number of fused-ring (bicyclic) bond motifs is 1. The van der Waals surface area contributed by atoms with E-state index in [2.05, 4.69) is 5.32 Å². The number of carbonyl (C=O) groups excluding carboxylic acids is 2. The number of pyridine rings is 1. The van der Waals surface area contributed by atoms with E-state index in [1.165, 1.54) is 6.07 Å². The Kier molecular flexibility index (Phi) is 7.54. The summed E-state index contributed by atoms with van der Waals surface area (Å²) in [6.07, 6.45) is 6.91. The van der Waals surface area contributed by atoms with Gasteiger partial charge >= 0.3 is 0 Å². The molecule has 3 aromatic rings. The molecule has 0 spiro atoms. The van der Waals surface area contributed by atoms with Crippen LogP contribution in [0, 0.1) is 11.7 Å². The third-order valence-corrected chi connectivity index (χ3v) is 7.71. The largest absolute Gasteiger partial charge is 0.486 e. The van der Waals surface area contributed by atoms with Crippen LogP contribution in [0.4, 0.5) is 4.39 Å². The van der Waals surface area contributed by atoms with Crippen molar-refractivity contribution in [3.05, 3.63) is 74.2 Å². The topological polar surface area (TPSA) is 77.4 Å². The highest BCUT2D eigenvalue weighted by Crippen LogP contribution is 2.37. The smallest absolute Gasteiger partial charge is 0.256 e. The highest BCUT2D eigenvalue weighted by Gasteiger charge is 2.29. The van der Waals surface area contributed by atoms with Gasteiger partial charge in [-0.25, -0.2) is 4.39 Å². The molecule has 194 valence electrons. The molecular formula is C28H27Cl2FN2O4. The van der Waals surface area contributed by atoms with E-state index >= 15 is 0 Å². The Morgan fingerprint density at radius 3 is 2.41 bits per heavy atom. The van der Waals surface area contributed by atoms with Gasteiger partial charge in [-0.1, -0.05) is 23.2 Å². The maximum atomic E-state index is 14.1. The molecule has 0 radical (unpaired) electrons. The summed E-state index contributed by atoms with van der Waals surface area (Å²) in [4.78, 5) is 38.6. The van der Waals surface area contributed by atoms with Crippen molar-refractivity contribution in [1.82, 2.24) is 9.88 Å². The fourth-order valence-electron chi connectivity index (χ4n) is 5.01. The lowest BCUT2D eigenvalue weighted by Crippen LogP contribution is -2.40. The number of nitrogens with one attached hydrogen (secondary N) is 1. The van der Waals surface area contributed by atoms with Crippen LogP contribution in [0.2, 0.25) is 10.0 Å². The standard InChI is InChI=1S/C28H27Cl2FN2O4/c29-17-3-9-21(10-4-17)37-15-20(34)11-16-1-5-18(6-2-16)32-28(36)23-14-33(19-7-8-19)26-13-24(30)25(31)12-22(26)27(23)35/h3-4,9-10,12-14,16,18-19H,1-2,5-8,11,15H2,(H,32,36). The Labute approximate surface area is 223 Å². The van der Waals surface area contributed by atoms with Crippen LogP contribution in [0.3, 0.4) is 0 Å². The molecule has 1 heterocycles. The van der Waals surface area contributed by atoms with Gasteiger partial charge in [0.15, 0.2) is 5.78 Å². The van der Waals surface area contributed by atoms with Crippen molar-refractivity contribution >= 4 is 45.8 Å². The first kappa shape index (κ1) is 25.7. The van der Waals surface area contributed by atoms with Gasteiger partial charge in [0.05, 0.1) is 10.5 Å². The number of aromatic nitrogens is 1. The monoisotopic (exact) mass is 544 g/mol. The molecule has 1 N–H and O–H groups in total. The van der Waals surface area contributed by atoms with Crippen molar-refractivity contribution in [3.8, 4) is 5.75 Å². The van der Waals surface area contributed by atoms with Crippen LogP contribution in [-0.4, -0.2) is 28.9 Å². The number of amides is 1. The van der Waals surface area contributed by atoms with E-state index in [1.54, 1.807) is 30.5 Å². The molecule has 2 saturated carbocycles. The normalized spacial score (nSPS) is 19.5. The summed E-state index contributed by atoms with van der Waals surface area (Å²) in [6.45, 7) is 0.0132. The fraction of sp³-hybridized carbons (Fsp3) is 0.393. The SMILES string of the molecule is O=C(COc1ccc(Cl)cc1)CC1CCC(NC(=O)c2cn(C3CC3)c3cc(Cl)c(F)cc3c2=O)CC1. The quantitative estimate of drug-likeness (QED) is 0.371. The fourth-order valence-corrected chi connectivity index (χ4v) is 5.29. The van der Waals surface area contributed by atoms with Crippen molar-refractivity contribution in [2.45, 2.75) is 57.0 Å². The summed E-state index contributed by atoms with van der Waals surface area (Å²) >= 11 is 11.8. The van der Waals surface area contributed by atoms with Gasteiger partial charge in [0.2, 0.25) is 5.43 Å². The number of benzene rings is 2. The second-order valence-electron chi connectivity index (χ2n) is 9.97. The van der Waals surface area contributed by atoms with Crippen molar-refractivity contribution in [1.29, 1.82) is 0 Å². The molecule has 2 fully saturated rings. The van der Waals surface area contributed by atoms with Crippen molar-refractivity contribution in [3.63, 3.8) is 0 Å². The summed E-state index contributed by atoms with van der Waals surface area (Å²) in [5.74, 6) is -0.267. The number of ketones is 1. The number of Topliss-reactive ketones (excluding diaryl/α,β-unsaturated/α-hetero) is 1. The number of hydrogen-bond acceptors (Lipinski definition) is 4. The van der Waals surface area contributed by atoms with Crippen LogP contribution >= 0.6 is 23.2 Å². The molecule has 6 nitrogen and oxygen atoms in total. The van der Waals surface area contributed by atoms with Crippen molar-refractivity contribution in [2.75, 3.05) is 6.61 Å². The van der Waals surface area contributed by atoms with Gasteiger partial charge in [-0.3, -0.25) is 14.4 Å². The van der Waals surface area contributed by atoms with Crippen LogP contribution in [0.5, 0.6) is 5.75 Å². The molecule has 2 aromatic carbocycles. The van der Waals surface area contributed by atoms with Crippen LogP contribution in [-0.2, 0) is 4.79 Å². The molecule has 2 aliphatic carbocycles. The van der Waals surface area contributed by atoms with E-state index in [0.717, 1.165) is 44.6 Å². The Morgan fingerprint density at radius 2 is 1.73 bits per heavy atom. The lowest BCUT2D eigenvalue weighted by atomic mass is 9.83.